The van der Waals surface area contributed by atoms with E-state index >= 15 is 0 Å². The zero-order chi connectivity index (χ0) is 22.8. The molecule has 0 radical (unpaired) electrons. The fraction of sp³-hybridized carbons (Fsp3) is 0.586. The molecule has 1 heterocycles. The van der Waals surface area contributed by atoms with Gasteiger partial charge in [-0.3, -0.25) is 4.90 Å². The molecule has 4 atom stereocenters. The summed E-state index contributed by atoms with van der Waals surface area (Å²) in [6.45, 7) is 5.79. The van der Waals surface area contributed by atoms with E-state index in [0.29, 0.717) is 12.0 Å². The molecule has 4 heteroatoms. The first-order chi connectivity index (χ1) is 16.2. The van der Waals surface area contributed by atoms with Gasteiger partial charge in [0.25, 0.3) is 0 Å². The van der Waals surface area contributed by atoms with E-state index in [9.17, 15) is 5.11 Å². The molecule has 3 aliphatic rings. The van der Waals surface area contributed by atoms with Crippen LogP contribution in [0.15, 0.2) is 48.5 Å². The van der Waals surface area contributed by atoms with Gasteiger partial charge in [0.2, 0.25) is 0 Å². The van der Waals surface area contributed by atoms with Crippen molar-refractivity contribution in [1.82, 2.24) is 10.2 Å². The summed E-state index contributed by atoms with van der Waals surface area (Å²) >= 11 is 0. The van der Waals surface area contributed by atoms with E-state index < -0.39 is 0 Å². The maximum atomic E-state index is 10.4. The third-order valence-electron chi connectivity index (χ3n) is 8.67. The fourth-order valence-corrected chi connectivity index (χ4v) is 6.86. The van der Waals surface area contributed by atoms with Gasteiger partial charge in [-0.2, -0.15) is 0 Å². The van der Waals surface area contributed by atoms with Crippen LogP contribution in [-0.2, 0) is 18.4 Å². The van der Waals surface area contributed by atoms with Gasteiger partial charge >= 0.3 is 0 Å². The highest BCUT2D eigenvalue weighted by Gasteiger charge is 2.53. The average molecular weight is 449 g/mol. The van der Waals surface area contributed by atoms with Crippen LogP contribution in [0, 0.1) is 11.8 Å². The summed E-state index contributed by atoms with van der Waals surface area (Å²) in [5.41, 5.74) is 4.32. The Morgan fingerprint density at radius 1 is 1.18 bits per heavy atom. The van der Waals surface area contributed by atoms with Gasteiger partial charge in [-0.25, -0.2) is 0 Å². The van der Waals surface area contributed by atoms with Gasteiger partial charge in [-0.05, 0) is 79.3 Å². The lowest BCUT2D eigenvalue weighted by Crippen LogP contribution is -2.61. The molecule has 1 saturated heterocycles. The molecule has 178 valence electrons. The number of nitrogens with one attached hydrogen (secondary N) is 1. The Kier molecular flexibility index (Phi) is 6.78. The minimum Gasteiger partial charge on any atom is -0.497 e. The van der Waals surface area contributed by atoms with Crippen molar-refractivity contribution in [2.24, 2.45) is 11.8 Å². The zero-order valence-corrected chi connectivity index (χ0v) is 20.3. The van der Waals surface area contributed by atoms with E-state index in [1.165, 1.54) is 55.5 Å². The number of nitrogens with zero attached hydrogens (tertiary/aromatic N) is 1. The van der Waals surface area contributed by atoms with Gasteiger partial charge in [-0.1, -0.05) is 49.7 Å². The summed E-state index contributed by atoms with van der Waals surface area (Å²) in [6.07, 6.45) is 7.29. The van der Waals surface area contributed by atoms with Crippen molar-refractivity contribution in [3.8, 4) is 5.75 Å². The summed E-state index contributed by atoms with van der Waals surface area (Å²) in [7, 11) is 1.77. The molecule has 5 rings (SSSR count). The van der Waals surface area contributed by atoms with Gasteiger partial charge in [0.05, 0.1) is 13.7 Å². The van der Waals surface area contributed by atoms with Crippen LogP contribution in [0.4, 0.5) is 0 Å². The number of likely N-dealkylation sites (tertiary alicyclic amines) is 1. The molecule has 2 N–H and O–H groups in total. The zero-order valence-electron chi connectivity index (χ0n) is 20.3. The first kappa shape index (κ1) is 22.9. The minimum absolute atomic E-state index is 0.0760. The Morgan fingerprint density at radius 2 is 2.00 bits per heavy atom. The summed E-state index contributed by atoms with van der Waals surface area (Å²) in [4.78, 5) is 2.82. The molecule has 2 aliphatic carbocycles. The number of aliphatic hydroxyl groups excluding tert-OH is 1. The number of fused-ring (bicyclic) bond motifs is 4. The third-order valence-corrected chi connectivity index (χ3v) is 8.67. The highest BCUT2D eigenvalue weighted by Crippen LogP contribution is 2.54. The molecule has 0 amide bonds. The number of rotatable bonds is 10. The van der Waals surface area contributed by atoms with Crippen molar-refractivity contribution in [1.29, 1.82) is 0 Å². The molecule has 0 aromatic heterocycles. The molecule has 2 fully saturated rings. The Hall–Kier alpha value is -1.88. The Bertz CT molecular complexity index is 928. The molecular weight excluding hydrogens is 408 g/mol. The van der Waals surface area contributed by atoms with Crippen LogP contribution < -0.4 is 10.1 Å². The van der Waals surface area contributed by atoms with Crippen molar-refractivity contribution in [3.63, 3.8) is 0 Å². The number of piperidine rings is 1. The quantitative estimate of drug-likeness (QED) is 0.560. The molecule has 2 aromatic carbocycles. The first-order valence-electron chi connectivity index (χ1n) is 13.0. The summed E-state index contributed by atoms with van der Waals surface area (Å²) < 4.78 is 5.68. The predicted molar refractivity (Wildman–Crippen MR) is 134 cm³/mol. The molecule has 1 aliphatic heterocycles. The smallest absolute Gasteiger partial charge is 0.119 e. The van der Waals surface area contributed by atoms with Gasteiger partial charge in [-0.15, -0.1) is 0 Å². The molecule has 33 heavy (non-hydrogen) atoms. The van der Waals surface area contributed by atoms with Crippen LogP contribution >= 0.6 is 0 Å². The number of ether oxygens (including phenoxy) is 1. The van der Waals surface area contributed by atoms with E-state index in [-0.39, 0.29) is 18.1 Å². The van der Waals surface area contributed by atoms with E-state index in [4.69, 9.17) is 4.74 Å². The first-order valence-corrected chi connectivity index (χ1v) is 13.0. The minimum atomic E-state index is 0.0760. The second-order valence-corrected chi connectivity index (χ2v) is 10.6. The fourth-order valence-electron chi connectivity index (χ4n) is 6.86. The normalized spacial score (nSPS) is 27.7. The van der Waals surface area contributed by atoms with E-state index in [1.807, 2.05) is 0 Å². The second kappa shape index (κ2) is 9.77. The van der Waals surface area contributed by atoms with Gasteiger partial charge in [0, 0.05) is 30.6 Å². The van der Waals surface area contributed by atoms with Crippen molar-refractivity contribution in [2.75, 3.05) is 26.8 Å². The standard InChI is InChI=1S/C29H40N2O2/c1-3-26-28-15-23-11-12-25(33-2)16-27(23)29(26,13-14-31(28)19-22-9-10-22)17-24(20-32)30-18-21-7-5-4-6-8-21/h4-8,11-12,16,22,24,26,28,30,32H,3,9-10,13-15,17-20H2,1-2H3. The lowest BCUT2D eigenvalue weighted by atomic mass is 9.54. The van der Waals surface area contributed by atoms with Crippen molar-refractivity contribution in [3.05, 3.63) is 65.2 Å². The van der Waals surface area contributed by atoms with Gasteiger partial charge in [0.15, 0.2) is 0 Å². The van der Waals surface area contributed by atoms with Crippen LogP contribution in [0.1, 0.15) is 55.7 Å². The number of hydrogen-bond donors (Lipinski definition) is 2. The molecule has 4 nitrogen and oxygen atoms in total. The van der Waals surface area contributed by atoms with E-state index in [2.05, 4.69) is 65.7 Å². The van der Waals surface area contributed by atoms with Gasteiger partial charge in [0.1, 0.15) is 5.75 Å². The van der Waals surface area contributed by atoms with Crippen LogP contribution in [0.25, 0.3) is 0 Å². The monoisotopic (exact) mass is 448 g/mol. The maximum absolute atomic E-state index is 10.4. The Balaban J connectivity index is 1.46. The Morgan fingerprint density at radius 3 is 2.70 bits per heavy atom. The van der Waals surface area contributed by atoms with Gasteiger partial charge < -0.3 is 15.2 Å². The number of benzene rings is 2. The highest BCUT2D eigenvalue weighted by molar-refractivity contribution is 5.45. The van der Waals surface area contributed by atoms with Crippen LogP contribution in [0.2, 0.25) is 0 Å². The number of hydrogen-bond acceptors (Lipinski definition) is 4. The topological polar surface area (TPSA) is 44.7 Å². The highest BCUT2D eigenvalue weighted by atomic mass is 16.5. The van der Waals surface area contributed by atoms with Crippen molar-refractivity contribution < 1.29 is 9.84 Å². The maximum Gasteiger partial charge on any atom is 0.119 e. The second-order valence-electron chi connectivity index (χ2n) is 10.6. The third kappa shape index (κ3) is 4.58. The summed E-state index contributed by atoms with van der Waals surface area (Å²) in [5.74, 6) is 2.49. The van der Waals surface area contributed by atoms with Crippen LogP contribution in [0.3, 0.4) is 0 Å². The van der Waals surface area contributed by atoms with E-state index in [0.717, 1.165) is 31.1 Å². The average Bonchev–Trinajstić information content (AvgIpc) is 3.68. The molecule has 2 aromatic rings. The predicted octanol–water partition coefficient (Wildman–Crippen LogP) is 4.54. The largest absolute Gasteiger partial charge is 0.497 e. The lowest BCUT2D eigenvalue weighted by molar-refractivity contribution is -0.00321. The molecular formula is C29H40N2O2. The lowest BCUT2D eigenvalue weighted by Gasteiger charge is -2.58. The molecule has 0 spiro atoms. The van der Waals surface area contributed by atoms with Crippen molar-refractivity contribution >= 4 is 0 Å². The number of aliphatic hydroxyl groups is 1. The number of methoxy groups -OCH3 is 1. The summed E-state index contributed by atoms with van der Waals surface area (Å²) in [6, 6.07) is 18.0. The molecule has 4 unspecified atom stereocenters. The van der Waals surface area contributed by atoms with Crippen LogP contribution in [0.5, 0.6) is 5.75 Å². The SMILES string of the molecule is CCC1C2Cc3ccc(OC)cc3C1(CC(CO)NCc1ccccc1)CCN2CC1CC1. The van der Waals surface area contributed by atoms with E-state index in [1.54, 1.807) is 7.11 Å². The van der Waals surface area contributed by atoms with Crippen LogP contribution in [-0.4, -0.2) is 48.9 Å². The summed E-state index contributed by atoms with van der Waals surface area (Å²) in [5, 5.41) is 14.1. The Labute approximate surface area is 199 Å². The molecule has 2 bridgehead atoms. The van der Waals surface area contributed by atoms with Crippen molar-refractivity contribution in [2.45, 2.75) is 69.5 Å². The molecule has 1 saturated carbocycles.